The molecule has 0 unspecified atom stereocenters. The molecule has 0 aliphatic carbocycles. The number of hydrogen-bond acceptors (Lipinski definition) is 4. The second-order valence-electron chi connectivity index (χ2n) is 5.30. The lowest BCUT2D eigenvalue weighted by Crippen LogP contribution is -2.28. The maximum Gasteiger partial charge on any atom is 0.534 e. The number of hydrogen-bond donors (Lipinski definition) is 1. The quantitative estimate of drug-likeness (QED) is 0.271. The number of alkyl halides is 3. The average Bonchev–Trinajstić information content (AvgIpc) is 2.52. The van der Waals surface area contributed by atoms with Gasteiger partial charge in [0.15, 0.2) is 0 Å². The Balaban J connectivity index is 2.13. The monoisotopic (exact) mass is 515 g/mol. The Morgan fingerprint density at radius 3 is 2.58 bits per heavy atom. The fraction of sp³-hybridized carbons (Fsp3) is 0.125. The third kappa shape index (κ3) is 3.27. The fourth-order valence-electron chi connectivity index (χ4n) is 2.62. The molecule has 1 N–H and O–H groups in total. The van der Waals surface area contributed by atoms with Gasteiger partial charge in [0.05, 0.1) is 16.4 Å². The first-order valence-corrected chi connectivity index (χ1v) is 9.98. The van der Waals surface area contributed by atoms with Crippen molar-refractivity contribution < 1.29 is 25.8 Å². The summed E-state index contributed by atoms with van der Waals surface area (Å²) >= 11 is 8.13. The molecule has 0 atom stereocenters. The zero-order chi connectivity index (χ0) is 19.3. The van der Waals surface area contributed by atoms with Crippen LogP contribution in [0.15, 0.2) is 36.4 Å². The number of halogens is 5. The minimum Gasteiger partial charge on any atom is -0.376 e. The van der Waals surface area contributed by atoms with Gasteiger partial charge in [0.2, 0.25) is 0 Å². The predicted molar refractivity (Wildman–Crippen MR) is 102 cm³/mol. The van der Waals surface area contributed by atoms with Crippen molar-refractivity contribution in [3.8, 4) is 5.75 Å². The van der Waals surface area contributed by atoms with Gasteiger partial charge in [0.25, 0.3) is 0 Å². The molecule has 3 rings (SSSR count). The minimum atomic E-state index is -5.75. The van der Waals surface area contributed by atoms with Gasteiger partial charge in [-0.1, -0.05) is 29.8 Å². The van der Waals surface area contributed by atoms with Gasteiger partial charge in [-0.3, -0.25) is 0 Å². The van der Waals surface area contributed by atoms with Crippen LogP contribution in [0.1, 0.15) is 18.1 Å². The largest absolute Gasteiger partial charge is 0.534 e. The van der Waals surface area contributed by atoms with Crippen LogP contribution < -0.4 is 9.50 Å². The van der Waals surface area contributed by atoms with Crippen molar-refractivity contribution in [3.05, 3.63) is 56.1 Å². The molecule has 2 aromatic rings. The van der Waals surface area contributed by atoms with Crippen LogP contribution in [0.4, 0.5) is 24.5 Å². The van der Waals surface area contributed by atoms with Crippen molar-refractivity contribution in [2.45, 2.75) is 12.4 Å². The zero-order valence-corrected chi connectivity index (χ0v) is 16.7. The molecule has 4 nitrogen and oxygen atoms in total. The second-order valence-corrected chi connectivity index (χ2v) is 8.41. The van der Waals surface area contributed by atoms with Crippen LogP contribution in [0, 0.1) is 3.57 Å². The summed E-state index contributed by atoms with van der Waals surface area (Å²) < 4.78 is 65.0. The number of rotatable bonds is 2. The van der Waals surface area contributed by atoms with Crippen molar-refractivity contribution in [1.82, 2.24) is 0 Å². The third-order valence-corrected chi connectivity index (χ3v) is 5.82. The van der Waals surface area contributed by atoms with Crippen LogP contribution in [0.2, 0.25) is 5.02 Å². The van der Waals surface area contributed by atoms with Gasteiger partial charge in [0, 0.05) is 20.8 Å². The smallest absolute Gasteiger partial charge is 0.376 e. The molecule has 1 aliphatic heterocycles. The summed E-state index contributed by atoms with van der Waals surface area (Å²) in [6.45, 7) is 1.82. The number of allylic oxidation sites excluding steroid dienone is 1. The Morgan fingerprint density at radius 1 is 1.27 bits per heavy atom. The lowest BCUT2D eigenvalue weighted by Gasteiger charge is -2.26. The van der Waals surface area contributed by atoms with Gasteiger partial charge < -0.3 is 9.50 Å². The minimum absolute atomic E-state index is 0.401. The lowest BCUT2D eigenvalue weighted by molar-refractivity contribution is -0.0500. The van der Waals surface area contributed by atoms with E-state index in [1.54, 1.807) is 12.1 Å². The normalized spacial score (nSPS) is 15.2. The maximum absolute atomic E-state index is 12.6. The summed E-state index contributed by atoms with van der Waals surface area (Å²) in [6, 6.07) is 7.77. The highest BCUT2D eigenvalue weighted by Crippen LogP contribution is 2.47. The molecule has 0 saturated carbocycles. The second kappa shape index (κ2) is 6.61. The highest BCUT2D eigenvalue weighted by Gasteiger charge is 2.48. The van der Waals surface area contributed by atoms with Crippen LogP contribution in [0.25, 0.3) is 5.57 Å². The molecule has 0 amide bonds. The van der Waals surface area contributed by atoms with E-state index in [-0.39, 0.29) is 0 Å². The summed E-state index contributed by atoms with van der Waals surface area (Å²) in [5.74, 6) is -0.441. The first-order valence-electron chi connectivity index (χ1n) is 7.12. The Kier molecular flexibility index (Phi) is 4.91. The molecule has 0 bridgehead atoms. The first-order chi connectivity index (χ1) is 12.0. The SMILES string of the molecule is CC=C1c2cccc(Cl)c2Nc2cc(OS(=O)(=O)C(F)(F)F)cc(I)c21. The molecule has 0 aromatic heterocycles. The molecular formula is C16H10ClF3INO3S. The summed E-state index contributed by atoms with van der Waals surface area (Å²) in [4.78, 5) is 0. The van der Waals surface area contributed by atoms with E-state index in [9.17, 15) is 21.6 Å². The maximum atomic E-state index is 12.6. The highest BCUT2D eigenvalue weighted by molar-refractivity contribution is 14.1. The first kappa shape index (κ1) is 19.3. The van der Waals surface area contributed by atoms with Gasteiger partial charge in [0.1, 0.15) is 5.75 Å². The fourth-order valence-corrected chi connectivity index (χ4v) is 4.17. The van der Waals surface area contributed by atoms with Gasteiger partial charge in [-0.05, 0) is 47.2 Å². The molecule has 0 fully saturated rings. The number of fused-ring (bicyclic) bond motifs is 2. The van der Waals surface area contributed by atoms with Crippen LogP contribution >= 0.6 is 34.2 Å². The van der Waals surface area contributed by atoms with Gasteiger partial charge >= 0.3 is 15.6 Å². The summed E-state index contributed by atoms with van der Waals surface area (Å²) in [6.07, 6.45) is 1.85. The summed E-state index contributed by atoms with van der Waals surface area (Å²) in [5, 5.41) is 3.47. The molecule has 0 saturated heterocycles. The van der Waals surface area contributed by atoms with Gasteiger partial charge in [-0.25, -0.2) is 0 Å². The van der Waals surface area contributed by atoms with Crippen LogP contribution in [-0.2, 0) is 10.1 Å². The van der Waals surface area contributed by atoms with Crippen LogP contribution in [0.3, 0.4) is 0 Å². The molecule has 138 valence electrons. The van der Waals surface area contributed by atoms with E-state index in [2.05, 4.69) is 9.50 Å². The van der Waals surface area contributed by atoms with Crippen molar-refractivity contribution in [1.29, 1.82) is 0 Å². The van der Waals surface area contributed by atoms with Crippen molar-refractivity contribution in [2.24, 2.45) is 0 Å². The molecule has 2 aromatic carbocycles. The Morgan fingerprint density at radius 2 is 1.96 bits per heavy atom. The topological polar surface area (TPSA) is 55.4 Å². The lowest BCUT2D eigenvalue weighted by atomic mass is 9.91. The van der Waals surface area contributed by atoms with E-state index >= 15 is 0 Å². The van der Waals surface area contributed by atoms with Crippen molar-refractivity contribution >= 4 is 61.3 Å². The van der Waals surface area contributed by atoms with Gasteiger partial charge in [-0.2, -0.15) is 21.6 Å². The van der Waals surface area contributed by atoms with E-state index < -0.39 is 21.4 Å². The zero-order valence-electron chi connectivity index (χ0n) is 13.0. The van der Waals surface area contributed by atoms with Crippen LogP contribution in [-0.4, -0.2) is 13.9 Å². The van der Waals surface area contributed by atoms with E-state index in [1.165, 1.54) is 12.1 Å². The Bertz CT molecular complexity index is 1040. The molecule has 26 heavy (non-hydrogen) atoms. The van der Waals surface area contributed by atoms with Crippen molar-refractivity contribution in [3.63, 3.8) is 0 Å². The molecule has 1 aliphatic rings. The Hall–Kier alpha value is -1.46. The Labute approximate surface area is 166 Å². The molecule has 0 radical (unpaired) electrons. The van der Waals surface area contributed by atoms with Gasteiger partial charge in [-0.15, -0.1) is 0 Å². The molecule has 0 spiro atoms. The average molecular weight is 516 g/mol. The molecular weight excluding hydrogens is 506 g/mol. The number of nitrogens with one attached hydrogen (secondary N) is 1. The standard InChI is InChI=1S/C16H10ClF3INO3S/c1-2-9-10-4-3-5-11(17)15(10)22-13-7-8(6-12(21)14(9)13)25-26(23,24)16(18,19)20/h2-7,22H,1H3. The number of benzene rings is 2. The highest BCUT2D eigenvalue weighted by atomic mass is 127. The van der Waals surface area contributed by atoms with E-state index in [0.29, 0.717) is 20.0 Å². The molecule has 10 heteroatoms. The third-order valence-electron chi connectivity index (χ3n) is 3.67. The number of anilines is 2. The van der Waals surface area contributed by atoms with Crippen LogP contribution in [0.5, 0.6) is 5.75 Å². The van der Waals surface area contributed by atoms with Crippen molar-refractivity contribution in [2.75, 3.05) is 5.32 Å². The molecule has 1 heterocycles. The van der Waals surface area contributed by atoms with E-state index in [4.69, 9.17) is 11.6 Å². The van der Waals surface area contributed by atoms with E-state index in [1.807, 2.05) is 41.7 Å². The summed E-state index contributed by atoms with van der Waals surface area (Å²) in [5.41, 5.74) is -2.14. The summed E-state index contributed by atoms with van der Waals surface area (Å²) in [7, 11) is -5.75. The number of para-hydroxylation sites is 1. The predicted octanol–water partition coefficient (Wildman–Crippen LogP) is 5.68. The van der Waals surface area contributed by atoms with E-state index in [0.717, 1.165) is 16.7 Å².